The molecule has 0 unspecified atom stereocenters. The first-order chi connectivity index (χ1) is 13.5. The Morgan fingerprint density at radius 1 is 0.964 bits per heavy atom. The topological polar surface area (TPSA) is 15.7 Å². The highest BCUT2D eigenvalue weighted by Crippen LogP contribution is 2.31. The van der Waals surface area contributed by atoms with Crippen molar-refractivity contribution >= 4 is 17.4 Å². The van der Waals surface area contributed by atoms with E-state index in [2.05, 4.69) is 15.9 Å². The molecule has 2 aromatic rings. The monoisotopic (exact) mass is 410 g/mol. The van der Waals surface area contributed by atoms with Crippen LogP contribution in [0.15, 0.2) is 53.4 Å². The maximum Gasteiger partial charge on any atom is 0.416 e. The van der Waals surface area contributed by atoms with E-state index in [1.807, 2.05) is 18.2 Å². The maximum atomic E-state index is 12.6. The summed E-state index contributed by atoms with van der Waals surface area (Å²) in [7, 11) is 1.70. The standard InChI is InChI=1S/C21H25F3N2OS/c1-27-20-6-3-2-5-19(20)26-14-12-25(13-15-26)11-4-16-28-18-9-7-17(8-10-18)21(22,23)24/h2-3,5-10H,4,11-16H2,1H3. The number of alkyl halides is 3. The molecule has 28 heavy (non-hydrogen) atoms. The lowest BCUT2D eigenvalue weighted by Crippen LogP contribution is -2.46. The lowest BCUT2D eigenvalue weighted by molar-refractivity contribution is -0.137. The Morgan fingerprint density at radius 3 is 2.29 bits per heavy atom. The van der Waals surface area contributed by atoms with E-state index in [0.29, 0.717) is 0 Å². The molecule has 3 rings (SSSR count). The molecule has 0 aromatic heterocycles. The number of benzene rings is 2. The zero-order valence-electron chi connectivity index (χ0n) is 15.9. The molecule has 0 radical (unpaired) electrons. The molecule has 0 atom stereocenters. The molecule has 0 bridgehead atoms. The van der Waals surface area contributed by atoms with Gasteiger partial charge < -0.3 is 9.64 Å². The number of ether oxygens (including phenoxy) is 1. The number of rotatable bonds is 7. The number of hydrogen-bond donors (Lipinski definition) is 0. The van der Waals surface area contributed by atoms with Gasteiger partial charge in [-0.3, -0.25) is 4.90 Å². The number of halogens is 3. The predicted octanol–water partition coefficient (Wildman–Crippen LogP) is 5.02. The predicted molar refractivity (Wildman–Crippen MR) is 108 cm³/mol. The second-order valence-corrected chi connectivity index (χ2v) is 7.89. The van der Waals surface area contributed by atoms with Crippen LogP contribution in [0.25, 0.3) is 0 Å². The van der Waals surface area contributed by atoms with Gasteiger partial charge in [-0.15, -0.1) is 11.8 Å². The van der Waals surface area contributed by atoms with Crippen LogP contribution in [-0.2, 0) is 6.18 Å². The molecule has 3 nitrogen and oxygen atoms in total. The van der Waals surface area contributed by atoms with Crippen molar-refractivity contribution < 1.29 is 17.9 Å². The van der Waals surface area contributed by atoms with E-state index in [1.165, 1.54) is 0 Å². The minimum absolute atomic E-state index is 0.593. The summed E-state index contributed by atoms with van der Waals surface area (Å²) in [6.07, 6.45) is -3.25. The molecule has 152 valence electrons. The SMILES string of the molecule is COc1ccccc1N1CCN(CCCSc2ccc(C(F)(F)F)cc2)CC1. The molecule has 1 heterocycles. The fraction of sp³-hybridized carbons (Fsp3) is 0.429. The molecule has 7 heteroatoms. The molecular formula is C21H25F3N2OS. The van der Waals surface area contributed by atoms with Crippen LogP contribution in [-0.4, -0.2) is 50.5 Å². The van der Waals surface area contributed by atoms with Crippen molar-refractivity contribution in [3.63, 3.8) is 0 Å². The van der Waals surface area contributed by atoms with Crippen LogP contribution >= 0.6 is 11.8 Å². The normalized spacial score (nSPS) is 15.6. The number of piperazine rings is 1. The summed E-state index contributed by atoms with van der Waals surface area (Å²) >= 11 is 1.61. The number of nitrogens with zero attached hydrogens (tertiary/aromatic N) is 2. The maximum absolute atomic E-state index is 12.6. The second kappa shape index (κ2) is 9.56. The van der Waals surface area contributed by atoms with E-state index >= 15 is 0 Å². The fourth-order valence-corrected chi connectivity index (χ4v) is 4.16. The first-order valence-corrected chi connectivity index (χ1v) is 10.4. The van der Waals surface area contributed by atoms with Gasteiger partial charge in [-0.25, -0.2) is 0 Å². The first kappa shape index (κ1) is 20.9. The first-order valence-electron chi connectivity index (χ1n) is 9.38. The zero-order valence-corrected chi connectivity index (χ0v) is 16.7. The van der Waals surface area contributed by atoms with E-state index < -0.39 is 11.7 Å². The number of hydrogen-bond acceptors (Lipinski definition) is 4. The second-order valence-electron chi connectivity index (χ2n) is 6.72. The van der Waals surface area contributed by atoms with Gasteiger partial charge in [-0.2, -0.15) is 13.2 Å². The van der Waals surface area contributed by atoms with Gasteiger partial charge in [0.15, 0.2) is 0 Å². The third-order valence-corrected chi connectivity index (χ3v) is 5.97. The highest BCUT2D eigenvalue weighted by Gasteiger charge is 2.29. The number of anilines is 1. The molecular weight excluding hydrogens is 385 g/mol. The van der Waals surface area contributed by atoms with Gasteiger partial charge in [-0.05, 0) is 55.1 Å². The number of thioether (sulfide) groups is 1. The van der Waals surface area contributed by atoms with Gasteiger partial charge in [0.1, 0.15) is 5.75 Å². The molecule has 1 aliphatic rings. The summed E-state index contributed by atoms with van der Waals surface area (Å²) in [5.74, 6) is 1.81. The summed E-state index contributed by atoms with van der Waals surface area (Å²) in [5, 5.41) is 0. The highest BCUT2D eigenvalue weighted by atomic mass is 32.2. The van der Waals surface area contributed by atoms with Gasteiger partial charge >= 0.3 is 6.18 Å². The third kappa shape index (κ3) is 5.58. The molecule has 0 amide bonds. The number of methoxy groups -OCH3 is 1. The van der Waals surface area contributed by atoms with Crippen LogP contribution < -0.4 is 9.64 Å². The Morgan fingerprint density at radius 2 is 1.64 bits per heavy atom. The molecule has 0 aliphatic carbocycles. The molecule has 0 N–H and O–H groups in total. The minimum Gasteiger partial charge on any atom is -0.495 e. The van der Waals surface area contributed by atoms with E-state index in [1.54, 1.807) is 31.0 Å². The Balaban J connectivity index is 1.38. The van der Waals surface area contributed by atoms with Crippen LogP contribution in [0.4, 0.5) is 18.9 Å². The smallest absolute Gasteiger partial charge is 0.416 e. The van der Waals surface area contributed by atoms with Crippen molar-refractivity contribution in [2.45, 2.75) is 17.5 Å². The average Bonchev–Trinajstić information content (AvgIpc) is 2.71. The molecule has 0 saturated carbocycles. The summed E-state index contributed by atoms with van der Waals surface area (Å²) in [5.41, 5.74) is 0.548. The Kier molecular flexibility index (Phi) is 7.13. The van der Waals surface area contributed by atoms with Gasteiger partial charge in [0, 0.05) is 31.1 Å². The van der Waals surface area contributed by atoms with E-state index in [4.69, 9.17) is 4.74 Å². The fourth-order valence-electron chi connectivity index (χ4n) is 3.32. The van der Waals surface area contributed by atoms with Crippen molar-refractivity contribution in [2.24, 2.45) is 0 Å². The van der Waals surface area contributed by atoms with Crippen LogP contribution in [0.5, 0.6) is 5.75 Å². The van der Waals surface area contributed by atoms with Crippen molar-refractivity contribution in [1.82, 2.24) is 4.90 Å². The van der Waals surface area contributed by atoms with Crippen LogP contribution in [0.1, 0.15) is 12.0 Å². The van der Waals surface area contributed by atoms with Crippen molar-refractivity contribution in [2.75, 3.05) is 50.5 Å². The van der Waals surface area contributed by atoms with Crippen LogP contribution in [0, 0.1) is 0 Å². The van der Waals surface area contributed by atoms with Crippen molar-refractivity contribution in [3.8, 4) is 5.75 Å². The average molecular weight is 411 g/mol. The van der Waals surface area contributed by atoms with E-state index in [9.17, 15) is 13.2 Å². The molecule has 1 aliphatic heterocycles. The van der Waals surface area contributed by atoms with Gasteiger partial charge in [0.05, 0.1) is 18.4 Å². The van der Waals surface area contributed by atoms with E-state index in [0.717, 1.165) is 73.4 Å². The Hall–Kier alpha value is -1.86. The van der Waals surface area contributed by atoms with Gasteiger partial charge in [0.25, 0.3) is 0 Å². The highest BCUT2D eigenvalue weighted by molar-refractivity contribution is 7.99. The van der Waals surface area contributed by atoms with Gasteiger partial charge in [0.2, 0.25) is 0 Å². The third-order valence-electron chi connectivity index (χ3n) is 4.87. The summed E-state index contributed by atoms with van der Waals surface area (Å²) < 4.78 is 43.2. The summed E-state index contributed by atoms with van der Waals surface area (Å²) in [4.78, 5) is 5.68. The van der Waals surface area contributed by atoms with Crippen LogP contribution in [0.2, 0.25) is 0 Å². The molecule has 0 spiro atoms. The molecule has 1 saturated heterocycles. The lowest BCUT2D eigenvalue weighted by Gasteiger charge is -2.36. The Labute approximate surface area is 168 Å². The molecule has 2 aromatic carbocycles. The minimum atomic E-state index is -4.27. The summed E-state index contributed by atoms with van der Waals surface area (Å²) in [6, 6.07) is 13.5. The Bertz CT molecular complexity index is 744. The lowest BCUT2D eigenvalue weighted by atomic mass is 10.2. The molecule has 1 fully saturated rings. The van der Waals surface area contributed by atoms with Crippen molar-refractivity contribution in [3.05, 3.63) is 54.1 Å². The van der Waals surface area contributed by atoms with Crippen LogP contribution in [0.3, 0.4) is 0 Å². The van der Waals surface area contributed by atoms with Gasteiger partial charge in [-0.1, -0.05) is 12.1 Å². The summed E-state index contributed by atoms with van der Waals surface area (Å²) in [6.45, 7) is 4.94. The quantitative estimate of drug-likeness (QED) is 0.470. The van der Waals surface area contributed by atoms with Crippen molar-refractivity contribution in [1.29, 1.82) is 0 Å². The zero-order chi connectivity index (χ0) is 20.0. The largest absolute Gasteiger partial charge is 0.495 e. The number of para-hydroxylation sites is 2. The van der Waals surface area contributed by atoms with E-state index in [-0.39, 0.29) is 0 Å².